The van der Waals surface area contributed by atoms with Crippen LogP contribution in [0.25, 0.3) is 0 Å². The number of pyridine rings is 1. The molecule has 0 unspecified atom stereocenters. The zero-order valence-corrected chi connectivity index (χ0v) is 19.6. The number of hydrogen-bond acceptors (Lipinski definition) is 5. The molecule has 0 spiro atoms. The van der Waals surface area contributed by atoms with Gasteiger partial charge >= 0.3 is 6.09 Å². The van der Waals surface area contributed by atoms with Gasteiger partial charge < -0.3 is 25.6 Å². The first-order valence-corrected chi connectivity index (χ1v) is 9.64. The SMILES string of the molecule is CCOC(=O)N1CCC(NC(=NC)NCCC(=O)Nc2cccc(C)n2)CC1.I. The highest BCUT2D eigenvalue weighted by Crippen LogP contribution is 2.11. The molecule has 0 aromatic carbocycles. The van der Waals surface area contributed by atoms with E-state index in [0.717, 1.165) is 18.5 Å². The number of carbonyl (C=O) groups is 2. The van der Waals surface area contributed by atoms with Crippen LogP contribution in [-0.4, -0.2) is 67.2 Å². The molecule has 1 aromatic rings. The van der Waals surface area contributed by atoms with Gasteiger partial charge in [0.15, 0.2) is 5.96 Å². The third-order valence-electron chi connectivity index (χ3n) is 4.39. The Labute approximate surface area is 189 Å². The van der Waals surface area contributed by atoms with Gasteiger partial charge in [0.05, 0.1) is 6.61 Å². The minimum absolute atomic E-state index is 0. The maximum atomic E-state index is 12.0. The minimum Gasteiger partial charge on any atom is -0.450 e. The second-order valence-corrected chi connectivity index (χ2v) is 6.57. The van der Waals surface area contributed by atoms with E-state index in [0.29, 0.717) is 44.4 Å². The van der Waals surface area contributed by atoms with Crippen molar-refractivity contribution in [2.75, 3.05) is 38.6 Å². The van der Waals surface area contributed by atoms with Crippen LogP contribution in [0.1, 0.15) is 31.9 Å². The number of ether oxygens (including phenoxy) is 1. The summed E-state index contributed by atoms with van der Waals surface area (Å²) in [5, 5.41) is 9.28. The van der Waals surface area contributed by atoms with E-state index in [1.807, 2.05) is 19.1 Å². The molecule has 1 aliphatic rings. The number of halogens is 1. The number of aliphatic imine (C=N–C) groups is 1. The van der Waals surface area contributed by atoms with Gasteiger partial charge in [-0.05, 0) is 38.8 Å². The number of aromatic nitrogens is 1. The number of amides is 2. The van der Waals surface area contributed by atoms with Crippen LogP contribution in [0.2, 0.25) is 0 Å². The molecule has 2 amide bonds. The molecule has 1 aromatic heterocycles. The van der Waals surface area contributed by atoms with Crippen molar-refractivity contribution in [3.63, 3.8) is 0 Å². The van der Waals surface area contributed by atoms with Crippen LogP contribution in [0.5, 0.6) is 0 Å². The number of likely N-dealkylation sites (tertiary alicyclic amines) is 1. The summed E-state index contributed by atoms with van der Waals surface area (Å²) in [6.45, 7) is 5.84. The summed E-state index contributed by atoms with van der Waals surface area (Å²) in [4.78, 5) is 34.0. The van der Waals surface area contributed by atoms with Gasteiger partial charge in [-0.1, -0.05) is 6.07 Å². The molecule has 29 heavy (non-hydrogen) atoms. The number of anilines is 1. The lowest BCUT2D eigenvalue weighted by atomic mass is 10.1. The molecule has 0 bridgehead atoms. The van der Waals surface area contributed by atoms with Gasteiger partial charge in [-0.15, -0.1) is 24.0 Å². The van der Waals surface area contributed by atoms with E-state index in [2.05, 4.69) is 25.9 Å². The number of piperidine rings is 1. The number of nitrogens with zero attached hydrogens (tertiary/aromatic N) is 3. The number of rotatable bonds is 6. The van der Waals surface area contributed by atoms with Gasteiger partial charge in [0.1, 0.15) is 5.82 Å². The first-order valence-electron chi connectivity index (χ1n) is 9.64. The summed E-state index contributed by atoms with van der Waals surface area (Å²) in [5.74, 6) is 1.10. The molecule has 0 aliphatic carbocycles. The maximum Gasteiger partial charge on any atom is 0.409 e. The Hall–Kier alpha value is -2.11. The summed E-state index contributed by atoms with van der Waals surface area (Å²) in [6, 6.07) is 5.73. The molecule has 162 valence electrons. The van der Waals surface area contributed by atoms with Crippen LogP contribution in [0, 0.1) is 6.92 Å². The molecular weight excluding hydrogens is 487 g/mol. The summed E-state index contributed by atoms with van der Waals surface area (Å²) in [7, 11) is 1.69. The number of nitrogens with one attached hydrogen (secondary N) is 3. The normalized spacial score (nSPS) is 14.6. The fourth-order valence-electron chi connectivity index (χ4n) is 2.92. The molecule has 2 heterocycles. The molecular formula is C19H31IN6O3. The quantitative estimate of drug-likeness (QED) is 0.303. The highest BCUT2D eigenvalue weighted by atomic mass is 127. The zero-order chi connectivity index (χ0) is 20.4. The van der Waals surface area contributed by atoms with Crippen LogP contribution in [0.15, 0.2) is 23.2 Å². The summed E-state index contributed by atoms with van der Waals surface area (Å²) >= 11 is 0. The fourth-order valence-corrected chi connectivity index (χ4v) is 2.92. The lowest BCUT2D eigenvalue weighted by Crippen LogP contribution is -2.50. The maximum absolute atomic E-state index is 12.0. The smallest absolute Gasteiger partial charge is 0.409 e. The van der Waals surface area contributed by atoms with E-state index in [4.69, 9.17) is 4.74 Å². The Kier molecular flexibility index (Phi) is 11.3. The van der Waals surface area contributed by atoms with Gasteiger partial charge in [-0.25, -0.2) is 9.78 Å². The summed E-state index contributed by atoms with van der Waals surface area (Å²) in [5.41, 5.74) is 0.856. The largest absolute Gasteiger partial charge is 0.450 e. The summed E-state index contributed by atoms with van der Waals surface area (Å²) in [6.07, 6.45) is 1.69. The molecule has 3 N–H and O–H groups in total. The van der Waals surface area contributed by atoms with Gasteiger partial charge in [0.2, 0.25) is 5.91 Å². The molecule has 10 heteroatoms. The third kappa shape index (κ3) is 8.84. The van der Waals surface area contributed by atoms with Crippen LogP contribution in [0.3, 0.4) is 0 Å². The zero-order valence-electron chi connectivity index (χ0n) is 17.2. The van der Waals surface area contributed by atoms with E-state index in [1.54, 1.807) is 24.9 Å². The molecule has 0 atom stereocenters. The van der Waals surface area contributed by atoms with Gasteiger partial charge in [-0.3, -0.25) is 9.79 Å². The fraction of sp³-hybridized carbons (Fsp3) is 0.579. The second-order valence-electron chi connectivity index (χ2n) is 6.57. The van der Waals surface area contributed by atoms with Crippen molar-refractivity contribution in [3.8, 4) is 0 Å². The Bertz CT molecular complexity index is 692. The van der Waals surface area contributed by atoms with Gasteiger partial charge in [0, 0.05) is 44.8 Å². The van der Waals surface area contributed by atoms with E-state index < -0.39 is 0 Å². The van der Waals surface area contributed by atoms with Crippen molar-refractivity contribution in [3.05, 3.63) is 23.9 Å². The topological polar surface area (TPSA) is 108 Å². The monoisotopic (exact) mass is 518 g/mol. The number of aryl methyl sites for hydroxylation is 1. The van der Waals surface area contributed by atoms with E-state index in [1.165, 1.54) is 0 Å². The third-order valence-corrected chi connectivity index (χ3v) is 4.39. The Morgan fingerprint density at radius 3 is 2.66 bits per heavy atom. The molecule has 1 saturated heterocycles. The van der Waals surface area contributed by atoms with Crippen molar-refractivity contribution in [1.29, 1.82) is 0 Å². The molecule has 0 saturated carbocycles. The van der Waals surface area contributed by atoms with Gasteiger partial charge in [-0.2, -0.15) is 0 Å². The van der Waals surface area contributed by atoms with E-state index >= 15 is 0 Å². The van der Waals surface area contributed by atoms with Crippen LogP contribution < -0.4 is 16.0 Å². The Balaban J connectivity index is 0.00000420. The summed E-state index contributed by atoms with van der Waals surface area (Å²) < 4.78 is 5.03. The van der Waals surface area contributed by atoms with Crippen molar-refractivity contribution in [1.82, 2.24) is 20.5 Å². The number of hydrogen-bond donors (Lipinski definition) is 3. The minimum atomic E-state index is -0.252. The van der Waals surface area contributed by atoms with Crippen molar-refractivity contribution in [2.45, 2.75) is 39.2 Å². The average Bonchev–Trinajstić information content (AvgIpc) is 2.68. The number of guanidine groups is 1. The highest BCUT2D eigenvalue weighted by molar-refractivity contribution is 14.0. The predicted octanol–water partition coefficient (Wildman–Crippen LogP) is 2.12. The predicted molar refractivity (Wildman–Crippen MR) is 124 cm³/mol. The number of carbonyl (C=O) groups excluding carboxylic acids is 2. The van der Waals surface area contributed by atoms with E-state index in [9.17, 15) is 9.59 Å². The van der Waals surface area contributed by atoms with Gasteiger partial charge in [0.25, 0.3) is 0 Å². The van der Waals surface area contributed by atoms with E-state index in [-0.39, 0.29) is 42.0 Å². The van der Waals surface area contributed by atoms with Crippen molar-refractivity contribution >= 4 is 47.8 Å². The van der Waals surface area contributed by atoms with Crippen LogP contribution in [-0.2, 0) is 9.53 Å². The molecule has 1 fully saturated rings. The molecule has 1 aliphatic heterocycles. The Morgan fingerprint density at radius 2 is 2.03 bits per heavy atom. The average molecular weight is 518 g/mol. The lowest BCUT2D eigenvalue weighted by Gasteiger charge is -2.32. The lowest BCUT2D eigenvalue weighted by molar-refractivity contribution is -0.116. The first kappa shape index (κ1) is 24.9. The highest BCUT2D eigenvalue weighted by Gasteiger charge is 2.24. The van der Waals surface area contributed by atoms with Crippen molar-refractivity contribution in [2.24, 2.45) is 4.99 Å². The van der Waals surface area contributed by atoms with Crippen LogP contribution >= 0.6 is 24.0 Å². The van der Waals surface area contributed by atoms with Crippen molar-refractivity contribution < 1.29 is 14.3 Å². The van der Waals surface area contributed by atoms with Crippen LogP contribution in [0.4, 0.5) is 10.6 Å². The first-order chi connectivity index (χ1) is 13.5. The molecule has 9 nitrogen and oxygen atoms in total. The second kappa shape index (κ2) is 13.2. The Morgan fingerprint density at radius 1 is 1.31 bits per heavy atom. The molecule has 2 rings (SSSR count). The molecule has 0 radical (unpaired) electrons. The standard InChI is InChI=1S/C19H30N6O3.HI/c1-4-28-19(27)25-12-9-15(10-13-25)23-18(20-3)21-11-8-17(26)24-16-7-5-6-14(2)22-16;/h5-7,15H,4,8-13H2,1-3H3,(H2,20,21,23)(H,22,24,26);1H.